The maximum atomic E-state index is 5.61. The van der Waals surface area contributed by atoms with Crippen LogP contribution in [0.4, 0.5) is 0 Å². The van der Waals surface area contributed by atoms with Crippen molar-refractivity contribution >= 4 is 0 Å². The molecule has 1 aliphatic rings. The molecule has 1 saturated heterocycles. The average Bonchev–Trinajstić information content (AvgIpc) is 2.31. The lowest BCUT2D eigenvalue weighted by Gasteiger charge is -2.30. The fourth-order valence-corrected chi connectivity index (χ4v) is 1.88. The molecule has 4 heteroatoms. The van der Waals surface area contributed by atoms with E-state index in [1.54, 1.807) is 14.2 Å². The lowest BCUT2D eigenvalue weighted by molar-refractivity contribution is -0.102. The van der Waals surface area contributed by atoms with Crippen molar-refractivity contribution in [1.29, 1.82) is 0 Å². The van der Waals surface area contributed by atoms with E-state index >= 15 is 0 Å². The molecule has 90 valence electrons. The predicted octanol–water partition coefficient (Wildman–Crippen LogP) is 1.15. The van der Waals surface area contributed by atoms with Gasteiger partial charge in [-0.1, -0.05) is 6.92 Å². The second-order valence-corrected chi connectivity index (χ2v) is 3.93. The van der Waals surface area contributed by atoms with Gasteiger partial charge in [0.25, 0.3) is 0 Å². The van der Waals surface area contributed by atoms with Gasteiger partial charge in [-0.05, 0) is 19.3 Å². The van der Waals surface area contributed by atoms with Gasteiger partial charge < -0.3 is 19.5 Å². The Morgan fingerprint density at radius 3 is 2.73 bits per heavy atom. The molecule has 0 aliphatic carbocycles. The van der Waals surface area contributed by atoms with Crippen molar-refractivity contribution in [3.05, 3.63) is 0 Å². The van der Waals surface area contributed by atoms with Gasteiger partial charge in [-0.2, -0.15) is 0 Å². The number of methoxy groups -OCH3 is 2. The first-order chi connectivity index (χ1) is 7.30. The summed E-state index contributed by atoms with van der Waals surface area (Å²) in [5.41, 5.74) is 0. The second kappa shape index (κ2) is 7.17. The Labute approximate surface area is 92.3 Å². The summed E-state index contributed by atoms with van der Waals surface area (Å²) in [5, 5.41) is 3.46. The first kappa shape index (κ1) is 12.9. The lowest BCUT2D eigenvalue weighted by Crippen LogP contribution is -2.42. The van der Waals surface area contributed by atoms with Crippen LogP contribution < -0.4 is 5.32 Å². The summed E-state index contributed by atoms with van der Waals surface area (Å²) >= 11 is 0. The SMILES string of the molecule is CCC1CC(NCC(OC)OC)CCO1. The van der Waals surface area contributed by atoms with Gasteiger partial charge in [-0.3, -0.25) is 0 Å². The average molecular weight is 217 g/mol. The molecule has 0 amide bonds. The first-order valence-corrected chi connectivity index (χ1v) is 5.70. The molecule has 1 rings (SSSR count). The highest BCUT2D eigenvalue weighted by atomic mass is 16.7. The molecule has 1 N–H and O–H groups in total. The highest BCUT2D eigenvalue weighted by Gasteiger charge is 2.21. The van der Waals surface area contributed by atoms with E-state index in [2.05, 4.69) is 12.2 Å². The molecule has 0 aromatic heterocycles. The third-order valence-electron chi connectivity index (χ3n) is 2.92. The third kappa shape index (κ3) is 4.47. The van der Waals surface area contributed by atoms with Crippen LogP contribution in [0.1, 0.15) is 26.2 Å². The Kier molecular flexibility index (Phi) is 6.17. The minimum absolute atomic E-state index is 0.145. The Hall–Kier alpha value is -0.160. The van der Waals surface area contributed by atoms with E-state index in [0.717, 1.165) is 32.4 Å². The summed E-state index contributed by atoms with van der Waals surface area (Å²) in [4.78, 5) is 0. The van der Waals surface area contributed by atoms with E-state index in [0.29, 0.717) is 12.1 Å². The molecule has 1 fully saturated rings. The first-order valence-electron chi connectivity index (χ1n) is 5.70. The van der Waals surface area contributed by atoms with Crippen molar-refractivity contribution in [3.63, 3.8) is 0 Å². The van der Waals surface area contributed by atoms with Gasteiger partial charge in [-0.15, -0.1) is 0 Å². The normalized spacial score (nSPS) is 27.2. The fourth-order valence-electron chi connectivity index (χ4n) is 1.88. The van der Waals surface area contributed by atoms with Crippen molar-refractivity contribution < 1.29 is 14.2 Å². The zero-order valence-corrected chi connectivity index (χ0v) is 9.99. The second-order valence-electron chi connectivity index (χ2n) is 3.93. The summed E-state index contributed by atoms with van der Waals surface area (Å²) in [6.45, 7) is 3.77. The molecule has 0 aromatic rings. The molecule has 1 heterocycles. The van der Waals surface area contributed by atoms with Crippen molar-refractivity contribution in [2.45, 2.75) is 44.6 Å². The van der Waals surface area contributed by atoms with Gasteiger partial charge in [0.15, 0.2) is 6.29 Å². The van der Waals surface area contributed by atoms with Crippen LogP contribution in [0.3, 0.4) is 0 Å². The molecular formula is C11H23NO3. The number of hydrogen-bond acceptors (Lipinski definition) is 4. The van der Waals surface area contributed by atoms with E-state index in [9.17, 15) is 0 Å². The molecule has 0 radical (unpaired) electrons. The van der Waals surface area contributed by atoms with Gasteiger partial charge in [0, 0.05) is 33.4 Å². The van der Waals surface area contributed by atoms with Crippen molar-refractivity contribution in [3.8, 4) is 0 Å². The monoisotopic (exact) mass is 217 g/mol. The predicted molar refractivity (Wildman–Crippen MR) is 58.9 cm³/mol. The Morgan fingerprint density at radius 2 is 2.13 bits per heavy atom. The largest absolute Gasteiger partial charge is 0.378 e. The number of rotatable bonds is 6. The van der Waals surface area contributed by atoms with E-state index in [-0.39, 0.29) is 6.29 Å². The zero-order chi connectivity index (χ0) is 11.1. The Bertz CT molecular complexity index is 162. The van der Waals surface area contributed by atoms with Crippen LogP contribution in [0.2, 0.25) is 0 Å². The molecule has 1 aliphatic heterocycles. The van der Waals surface area contributed by atoms with Crippen LogP contribution in [0.15, 0.2) is 0 Å². The highest BCUT2D eigenvalue weighted by Crippen LogP contribution is 2.16. The summed E-state index contributed by atoms with van der Waals surface area (Å²) in [5.74, 6) is 0. The molecule has 0 aromatic carbocycles. The van der Waals surface area contributed by atoms with E-state index in [1.807, 2.05) is 0 Å². The molecule has 2 atom stereocenters. The summed E-state index contributed by atoms with van der Waals surface area (Å²) < 4.78 is 15.9. The standard InChI is InChI=1S/C11H23NO3/c1-4-10-7-9(5-6-15-10)12-8-11(13-2)14-3/h9-12H,4-8H2,1-3H3. The van der Waals surface area contributed by atoms with E-state index in [4.69, 9.17) is 14.2 Å². The third-order valence-corrected chi connectivity index (χ3v) is 2.92. The minimum atomic E-state index is -0.145. The molecule has 0 spiro atoms. The lowest BCUT2D eigenvalue weighted by atomic mass is 10.0. The van der Waals surface area contributed by atoms with Crippen LogP contribution in [0.5, 0.6) is 0 Å². The van der Waals surface area contributed by atoms with Crippen molar-refractivity contribution in [2.75, 3.05) is 27.4 Å². The van der Waals surface area contributed by atoms with Gasteiger partial charge in [0.1, 0.15) is 0 Å². The number of ether oxygens (including phenoxy) is 3. The van der Waals surface area contributed by atoms with Gasteiger partial charge >= 0.3 is 0 Å². The molecule has 0 saturated carbocycles. The van der Waals surface area contributed by atoms with Gasteiger partial charge in [0.05, 0.1) is 6.10 Å². The molecule has 2 unspecified atom stereocenters. The summed E-state index contributed by atoms with van der Waals surface area (Å²) in [7, 11) is 3.32. The number of hydrogen-bond donors (Lipinski definition) is 1. The van der Waals surface area contributed by atoms with E-state index in [1.165, 1.54) is 0 Å². The molecule has 15 heavy (non-hydrogen) atoms. The molecule has 4 nitrogen and oxygen atoms in total. The maximum Gasteiger partial charge on any atom is 0.169 e. The quantitative estimate of drug-likeness (QED) is 0.678. The van der Waals surface area contributed by atoms with Gasteiger partial charge in [-0.25, -0.2) is 0 Å². The molecular weight excluding hydrogens is 194 g/mol. The van der Waals surface area contributed by atoms with Crippen LogP contribution >= 0.6 is 0 Å². The summed E-state index contributed by atoms with van der Waals surface area (Å²) in [6.07, 6.45) is 3.54. The minimum Gasteiger partial charge on any atom is -0.378 e. The maximum absolute atomic E-state index is 5.61. The van der Waals surface area contributed by atoms with Crippen molar-refractivity contribution in [2.24, 2.45) is 0 Å². The van der Waals surface area contributed by atoms with Gasteiger partial charge in [0.2, 0.25) is 0 Å². The Morgan fingerprint density at radius 1 is 1.40 bits per heavy atom. The van der Waals surface area contributed by atoms with Crippen LogP contribution in [0, 0.1) is 0 Å². The van der Waals surface area contributed by atoms with Crippen molar-refractivity contribution in [1.82, 2.24) is 5.32 Å². The van der Waals surface area contributed by atoms with Crippen LogP contribution in [0.25, 0.3) is 0 Å². The number of nitrogens with one attached hydrogen (secondary N) is 1. The smallest absolute Gasteiger partial charge is 0.169 e. The topological polar surface area (TPSA) is 39.7 Å². The van der Waals surface area contributed by atoms with Crippen LogP contribution in [-0.4, -0.2) is 45.8 Å². The fraction of sp³-hybridized carbons (Fsp3) is 1.00. The molecule has 0 bridgehead atoms. The van der Waals surface area contributed by atoms with Crippen LogP contribution in [-0.2, 0) is 14.2 Å². The van der Waals surface area contributed by atoms with E-state index < -0.39 is 0 Å². The summed E-state index contributed by atoms with van der Waals surface area (Å²) in [6, 6.07) is 0.538. The highest BCUT2D eigenvalue weighted by molar-refractivity contribution is 4.76. The Balaban J connectivity index is 2.20. The zero-order valence-electron chi connectivity index (χ0n) is 9.99.